The van der Waals surface area contributed by atoms with Crippen molar-refractivity contribution in [3.05, 3.63) is 30.3 Å². The molecule has 0 aliphatic heterocycles. The number of nitrogens with one attached hydrogen (secondary N) is 1. The van der Waals surface area contributed by atoms with Crippen LogP contribution in [0.25, 0.3) is 0 Å². The minimum Gasteiger partial charge on any atom is -0.444 e. The molecule has 0 radical (unpaired) electrons. The Bertz CT molecular complexity index is 561. The summed E-state index contributed by atoms with van der Waals surface area (Å²) in [5.74, 6) is -0.146. The van der Waals surface area contributed by atoms with Gasteiger partial charge in [0.2, 0.25) is 0 Å². The molecule has 21 heavy (non-hydrogen) atoms. The van der Waals surface area contributed by atoms with Crippen LogP contribution in [0, 0.1) is 0 Å². The van der Waals surface area contributed by atoms with Crippen LogP contribution in [-0.4, -0.2) is 31.9 Å². The minimum atomic E-state index is -3.43. The van der Waals surface area contributed by atoms with Crippen molar-refractivity contribution in [3.8, 4) is 0 Å². The summed E-state index contributed by atoms with van der Waals surface area (Å²) in [4.78, 5) is 12.0. The fraction of sp³-hybridized carbons (Fsp3) is 0.533. The Hall–Kier alpha value is -1.56. The van der Waals surface area contributed by atoms with Crippen molar-refractivity contribution >= 4 is 15.9 Å². The van der Waals surface area contributed by atoms with E-state index in [1.54, 1.807) is 51.1 Å². The number of amides is 1. The molecule has 0 aliphatic rings. The molecule has 0 heterocycles. The zero-order chi connectivity index (χ0) is 16.1. The van der Waals surface area contributed by atoms with E-state index in [0.29, 0.717) is 6.42 Å². The van der Waals surface area contributed by atoms with Crippen molar-refractivity contribution in [1.29, 1.82) is 0 Å². The fourth-order valence-corrected chi connectivity index (χ4v) is 3.34. The molecule has 0 unspecified atom stereocenters. The maximum atomic E-state index is 12.3. The normalized spacial score (nSPS) is 13.5. The number of carbonyl (C=O) groups is 1. The lowest BCUT2D eigenvalue weighted by Crippen LogP contribution is -2.42. The van der Waals surface area contributed by atoms with Crippen LogP contribution in [0.5, 0.6) is 0 Å². The quantitative estimate of drug-likeness (QED) is 0.907. The van der Waals surface area contributed by atoms with Gasteiger partial charge in [0.25, 0.3) is 0 Å². The molecule has 1 aromatic carbocycles. The Balaban J connectivity index is 2.72. The Morgan fingerprint density at radius 1 is 1.24 bits per heavy atom. The van der Waals surface area contributed by atoms with Gasteiger partial charge < -0.3 is 10.1 Å². The Kier molecular flexibility index (Phi) is 5.78. The topological polar surface area (TPSA) is 72.5 Å². The number of carbonyl (C=O) groups excluding carboxylic acids is 1. The van der Waals surface area contributed by atoms with Gasteiger partial charge in [0.1, 0.15) is 5.60 Å². The lowest BCUT2D eigenvalue weighted by Gasteiger charge is -2.23. The molecule has 118 valence electrons. The van der Waals surface area contributed by atoms with Gasteiger partial charge in [-0.25, -0.2) is 13.2 Å². The lowest BCUT2D eigenvalue weighted by molar-refractivity contribution is 0.0508. The molecular formula is C15H23NO4S. The van der Waals surface area contributed by atoms with Gasteiger partial charge in [-0.3, -0.25) is 0 Å². The summed E-state index contributed by atoms with van der Waals surface area (Å²) in [5.41, 5.74) is -0.610. The van der Waals surface area contributed by atoms with Crippen LogP contribution in [0.15, 0.2) is 35.2 Å². The average molecular weight is 313 g/mol. The number of ether oxygens (including phenoxy) is 1. The molecule has 0 aliphatic carbocycles. The van der Waals surface area contributed by atoms with E-state index in [0.717, 1.165) is 0 Å². The van der Waals surface area contributed by atoms with Crippen LogP contribution in [-0.2, 0) is 14.6 Å². The van der Waals surface area contributed by atoms with Gasteiger partial charge >= 0.3 is 6.09 Å². The first-order chi connectivity index (χ1) is 9.64. The molecule has 0 bridgehead atoms. The van der Waals surface area contributed by atoms with Gasteiger partial charge in [0.15, 0.2) is 9.84 Å². The second-order valence-corrected chi connectivity index (χ2v) is 7.88. The summed E-state index contributed by atoms with van der Waals surface area (Å²) < 4.78 is 29.7. The van der Waals surface area contributed by atoms with Crippen LogP contribution in [0.4, 0.5) is 4.79 Å². The van der Waals surface area contributed by atoms with Crippen molar-refractivity contribution < 1.29 is 17.9 Å². The smallest absolute Gasteiger partial charge is 0.407 e. The summed E-state index contributed by atoms with van der Waals surface area (Å²) in [5, 5.41) is 2.61. The Labute approximate surface area is 126 Å². The van der Waals surface area contributed by atoms with E-state index in [4.69, 9.17) is 4.74 Å². The number of alkyl carbamates (subject to hydrolysis) is 1. The molecule has 0 fully saturated rings. The minimum absolute atomic E-state index is 0.146. The maximum absolute atomic E-state index is 12.3. The highest BCUT2D eigenvalue weighted by Gasteiger charge is 2.23. The van der Waals surface area contributed by atoms with Crippen LogP contribution in [0.1, 0.15) is 34.1 Å². The summed E-state index contributed by atoms with van der Waals surface area (Å²) in [7, 11) is -3.43. The summed E-state index contributed by atoms with van der Waals surface area (Å²) >= 11 is 0. The first-order valence-corrected chi connectivity index (χ1v) is 8.56. The van der Waals surface area contributed by atoms with Crippen LogP contribution >= 0.6 is 0 Å². The fourth-order valence-electron chi connectivity index (χ4n) is 1.72. The number of benzene rings is 1. The lowest BCUT2D eigenvalue weighted by atomic mass is 10.2. The van der Waals surface area contributed by atoms with Gasteiger partial charge in [-0.2, -0.15) is 0 Å². The number of hydrogen-bond donors (Lipinski definition) is 1. The highest BCUT2D eigenvalue weighted by atomic mass is 32.2. The van der Waals surface area contributed by atoms with Crippen molar-refractivity contribution in [2.45, 2.75) is 50.7 Å². The van der Waals surface area contributed by atoms with Gasteiger partial charge in [0.05, 0.1) is 10.6 Å². The predicted octanol–water partition coefficient (Wildman–Crippen LogP) is 2.76. The third kappa shape index (κ3) is 6.16. The second kappa shape index (κ2) is 6.93. The van der Waals surface area contributed by atoms with Gasteiger partial charge in [-0.15, -0.1) is 0 Å². The second-order valence-electron chi connectivity index (χ2n) is 5.85. The average Bonchev–Trinajstić information content (AvgIpc) is 2.36. The molecular weight excluding hydrogens is 290 g/mol. The van der Waals surface area contributed by atoms with E-state index in [1.165, 1.54) is 0 Å². The molecule has 1 atom stereocenters. The third-order valence-corrected chi connectivity index (χ3v) is 4.57. The van der Waals surface area contributed by atoms with Gasteiger partial charge in [-0.05, 0) is 39.3 Å². The van der Waals surface area contributed by atoms with Crippen molar-refractivity contribution in [2.24, 2.45) is 0 Å². The molecule has 1 N–H and O–H groups in total. The van der Waals surface area contributed by atoms with E-state index in [9.17, 15) is 13.2 Å². The Morgan fingerprint density at radius 3 is 2.29 bits per heavy atom. The molecule has 1 aromatic rings. The van der Waals surface area contributed by atoms with E-state index in [2.05, 4.69) is 5.32 Å². The van der Waals surface area contributed by atoms with Crippen LogP contribution in [0.3, 0.4) is 0 Å². The monoisotopic (exact) mass is 313 g/mol. The molecule has 5 nitrogen and oxygen atoms in total. The Morgan fingerprint density at radius 2 is 1.81 bits per heavy atom. The van der Waals surface area contributed by atoms with Crippen molar-refractivity contribution in [3.63, 3.8) is 0 Å². The van der Waals surface area contributed by atoms with Crippen molar-refractivity contribution in [1.82, 2.24) is 5.32 Å². The largest absolute Gasteiger partial charge is 0.444 e. The van der Waals surface area contributed by atoms with Crippen LogP contribution < -0.4 is 5.32 Å². The van der Waals surface area contributed by atoms with Crippen molar-refractivity contribution in [2.75, 3.05) is 5.75 Å². The SMILES string of the molecule is CC[C@H](CS(=O)(=O)c1ccccc1)NC(=O)OC(C)(C)C. The molecule has 6 heteroatoms. The highest BCUT2D eigenvalue weighted by molar-refractivity contribution is 7.91. The van der Waals surface area contributed by atoms with E-state index < -0.39 is 27.6 Å². The molecule has 0 saturated carbocycles. The van der Waals surface area contributed by atoms with Gasteiger partial charge in [-0.1, -0.05) is 25.1 Å². The zero-order valence-electron chi connectivity index (χ0n) is 12.9. The zero-order valence-corrected chi connectivity index (χ0v) is 13.7. The number of hydrogen-bond acceptors (Lipinski definition) is 4. The molecule has 1 amide bonds. The standard InChI is InChI=1S/C15H23NO4S/c1-5-12(16-14(17)20-15(2,3)4)11-21(18,19)13-9-7-6-8-10-13/h6-10,12H,5,11H2,1-4H3,(H,16,17)/t12-/m1/s1. The molecule has 0 saturated heterocycles. The number of rotatable bonds is 5. The van der Waals surface area contributed by atoms with E-state index >= 15 is 0 Å². The van der Waals surface area contributed by atoms with E-state index in [1.807, 2.05) is 6.92 Å². The third-order valence-electron chi connectivity index (χ3n) is 2.74. The first kappa shape index (κ1) is 17.5. The highest BCUT2D eigenvalue weighted by Crippen LogP contribution is 2.13. The first-order valence-electron chi connectivity index (χ1n) is 6.91. The molecule has 0 aromatic heterocycles. The maximum Gasteiger partial charge on any atom is 0.407 e. The predicted molar refractivity (Wildman–Crippen MR) is 81.9 cm³/mol. The molecule has 1 rings (SSSR count). The number of sulfone groups is 1. The van der Waals surface area contributed by atoms with E-state index in [-0.39, 0.29) is 10.6 Å². The van der Waals surface area contributed by atoms with Crippen LogP contribution in [0.2, 0.25) is 0 Å². The summed E-state index contributed by atoms with van der Waals surface area (Å²) in [6, 6.07) is 7.73. The molecule has 0 spiro atoms. The summed E-state index contributed by atoms with van der Waals surface area (Å²) in [6.07, 6.45) is -0.0942. The van der Waals surface area contributed by atoms with Gasteiger partial charge in [0, 0.05) is 6.04 Å². The summed E-state index contributed by atoms with van der Waals surface area (Å²) in [6.45, 7) is 7.10.